The Kier molecular flexibility index (Phi) is 5.75. The maximum atomic E-state index is 13.2. The Bertz CT molecular complexity index is 1270. The van der Waals surface area contributed by atoms with Gasteiger partial charge in [0.1, 0.15) is 0 Å². The van der Waals surface area contributed by atoms with Crippen LogP contribution in [-0.4, -0.2) is 19.7 Å². The summed E-state index contributed by atoms with van der Waals surface area (Å²) in [6, 6.07) is 26.1. The molecule has 0 bridgehead atoms. The van der Waals surface area contributed by atoms with Crippen molar-refractivity contribution in [2.24, 2.45) is 0 Å². The third kappa shape index (κ3) is 4.04. The van der Waals surface area contributed by atoms with Crippen LogP contribution in [0.15, 0.2) is 106 Å². The van der Waals surface area contributed by atoms with E-state index in [4.69, 9.17) is 0 Å². The zero-order chi connectivity index (χ0) is 21.1. The van der Waals surface area contributed by atoms with Gasteiger partial charge in [0.15, 0.2) is 0 Å². The van der Waals surface area contributed by atoms with E-state index in [-0.39, 0.29) is 9.79 Å². The summed E-state index contributed by atoms with van der Waals surface area (Å²) < 4.78 is 26.5. The van der Waals surface area contributed by atoms with E-state index in [1.54, 1.807) is 42.2 Å². The normalized spacial score (nSPS) is 11.4. The van der Waals surface area contributed by atoms with E-state index in [0.29, 0.717) is 0 Å². The summed E-state index contributed by atoms with van der Waals surface area (Å²) in [6.45, 7) is 1.94. The lowest BCUT2D eigenvalue weighted by Crippen LogP contribution is -2.03. The van der Waals surface area contributed by atoms with Gasteiger partial charge in [-0.2, -0.15) is 0 Å². The molecule has 150 valence electrons. The maximum absolute atomic E-state index is 13.2. The lowest BCUT2D eigenvalue weighted by atomic mass is 9.97. The van der Waals surface area contributed by atoms with Crippen LogP contribution in [0.4, 0.5) is 0 Å². The van der Waals surface area contributed by atoms with Crippen LogP contribution in [0.25, 0.3) is 22.4 Å². The van der Waals surface area contributed by atoms with Crippen LogP contribution in [-0.2, 0) is 9.84 Å². The highest BCUT2D eigenvalue weighted by atomic mass is 32.2. The molecule has 0 saturated carbocycles. The van der Waals surface area contributed by atoms with Gasteiger partial charge >= 0.3 is 0 Å². The van der Waals surface area contributed by atoms with Gasteiger partial charge in [0, 0.05) is 16.7 Å². The molecular weight excluding hydrogens is 410 g/mol. The Balaban J connectivity index is 1.88. The van der Waals surface area contributed by atoms with Crippen molar-refractivity contribution in [2.45, 2.75) is 21.6 Å². The fourth-order valence-electron chi connectivity index (χ4n) is 3.30. The molecule has 4 rings (SSSR count). The van der Waals surface area contributed by atoms with Gasteiger partial charge in [0.2, 0.25) is 9.84 Å². The number of nitrogens with zero attached hydrogens (tertiary/aromatic N) is 1. The summed E-state index contributed by atoms with van der Waals surface area (Å²) in [5.41, 5.74) is 4.52. The molecule has 0 fully saturated rings. The molecule has 0 N–H and O–H groups in total. The molecule has 1 heterocycles. The molecular formula is C25H21NO2S2. The van der Waals surface area contributed by atoms with Crippen LogP contribution in [0.3, 0.4) is 0 Å². The van der Waals surface area contributed by atoms with Crippen molar-refractivity contribution in [1.82, 2.24) is 4.98 Å². The Morgan fingerprint density at radius 1 is 0.767 bits per heavy atom. The first-order valence-corrected chi connectivity index (χ1v) is 12.2. The van der Waals surface area contributed by atoms with E-state index in [2.05, 4.69) is 29.2 Å². The summed E-state index contributed by atoms with van der Waals surface area (Å²) in [5.74, 6) is 0. The molecule has 4 aromatic rings. The van der Waals surface area contributed by atoms with Gasteiger partial charge in [0.05, 0.1) is 15.5 Å². The number of aromatic nitrogens is 1. The number of aryl methyl sites for hydroxylation is 1. The van der Waals surface area contributed by atoms with Crippen molar-refractivity contribution in [3.05, 3.63) is 96.7 Å². The van der Waals surface area contributed by atoms with Crippen LogP contribution >= 0.6 is 11.8 Å². The number of pyridine rings is 1. The van der Waals surface area contributed by atoms with Crippen LogP contribution in [0.2, 0.25) is 0 Å². The van der Waals surface area contributed by atoms with Gasteiger partial charge < -0.3 is 0 Å². The highest BCUT2D eigenvalue weighted by molar-refractivity contribution is 7.98. The first kappa shape index (κ1) is 20.4. The number of hydrogen-bond donors (Lipinski definition) is 0. The van der Waals surface area contributed by atoms with Crippen LogP contribution in [0, 0.1) is 6.92 Å². The number of sulfone groups is 1. The molecule has 3 nitrogen and oxygen atoms in total. The molecule has 0 saturated heterocycles. The minimum absolute atomic E-state index is 0.261. The van der Waals surface area contributed by atoms with Crippen molar-refractivity contribution in [2.75, 3.05) is 6.26 Å². The average Bonchev–Trinajstić information content (AvgIpc) is 2.79. The molecule has 1 aromatic heterocycles. The van der Waals surface area contributed by atoms with Crippen molar-refractivity contribution >= 4 is 21.6 Å². The fraction of sp³-hybridized carbons (Fsp3) is 0.0800. The van der Waals surface area contributed by atoms with E-state index in [9.17, 15) is 8.42 Å². The standard InChI is InChI=1S/C25H21NO2S2/c1-18-6-12-21(13-7-18)30(27,28)22-14-15-23(19-8-10-20(29-2)11-9-19)24(17-22)25-5-3-4-16-26-25/h3-17H,1-2H3. The third-order valence-corrected chi connectivity index (χ3v) is 7.49. The lowest BCUT2D eigenvalue weighted by molar-refractivity contribution is 0.596. The monoisotopic (exact) mass is 431 g/mol. The first-order chi connectivity index (χ1) is 14.5. The van der Waals surface area contributed by atoms with E-state index in [1.165, 1.54) is 4.90 Å². The summed E-state index contributed by atoms with van der Waals surface area (Å²) in [4.78, 5) is 6.20. The highest BCUT2D eigenvalue weighted by Gasteiger charge is 2.20. The second-order valence-corrected chi connectivity index (χ2v) is 9.80. The van der Waals surface area contributed by atoms with E-state index < -0.39 is 9.84 Å². The Labute approximate surface area is 181 Å². The van der Waals surface area contributed by atoms with E-state index >= 15 is 0 Å². The number of thioether (sulfide) groups is 1. The van der Waals surface area contributed by atoms with Crippen molar-refractivity contribution in [3.8, 4) is 22.4 Å². The van der Waals surface area contributed by atoms with Gasteiger partial charge in [-0.15, -0.1) is 11.8 Å². The Hall–Kier alpha value is -2.89. The predicted octanol–water partition coefficient (Wildman–Crippen LogP) is 6.28. The molecule has 3 aromatic carbocycles. The van der Waals surface area contributed by atoms with Gasteiger partial charge in [-0.25, -0.2) is 8.42 Å². The van der Waals surface area contributed by atoms with E-state index in [0.717, 1.165) is 27.9 Å². The largest absolute Gasteiger partial charge is 0.256 e. The van der Waals surface area contributed by atoms with Crippen LogP contribution < -0.4 is 0 Å². The zero-order valence-corrected chi connectivity index (χ0v) is 18.4. The van der Waals surface area contributed by atoms with Gasteiger partial charge in [-0.05, 0) is 72.8 Å². The quantitative estimate of drug-likeness (QED) is 0.349. The predicted molar refractivity (Wildman–Crippen MR) is 124 cm³/mol. The van der Waals surface area contributed by atoms with Crippen LogP contribution in [0.5, 0.6) is 0 Å². The van der Waals surface area contributed by atoms with E-state index in [1.807, 2.05) is 49.6 Å². The minimum Gasteiger partial charge on any atom is -0.256 e. The van der Waals surface area contributed by atoms with Gasteiger partial charge in [-0.3, -0.25) is 4.98 Å². The maximum Gasteiger partial charge on any atom is 0.206 e. The molecule has 5 heteroatoms. The molecule has 0 aliphatic heterocycles. The first-order valence-electron chi connectivity index (χ1n) is 9.51. The fourth-order valence-corrected chi connectivity index (χ4v) is 5.00. The topological polar surface area (TPSA) is 47.0 Å². The molecule has 0 aliphatic carbocycles. The molecule has 0 atom stereocenters. The highest BCUT2D eigenvalue weighted by Crippen LogP contribution is 2.35. The smallest absolute Gasteiger partial charge is 0.206 e. The SMILES string of the molecule is CSc1ccc(-c2ccc(S(=O)(=O)c3ccc(C)cc3)cc2-c2ccccn2)cc1. The zero-order valence-electron chi connectivity index (χ0n) is 16.7. The second kappa shape index (κ2) is 8.46. The third-order valence-electron chi connectivity index (χ3n) is 4.97. The van der Waals surface area contributed by atoms with Crippen molar-refractivity contribution in [1.29, 1.82) is 0 Å². The van der Waals surface area contributed by atoms with Gasteiger partial charge in [-0.1, -0.05) is 42.0 Å². The molecule has 0 radical (unpaired) electrons. The van der Waals surface area contributed by atoms with Crippen LogP contribution in [0.1, 0.15) is 5.56 Å². The Morgan fingerprint density at radius 2 is 1.47 bits per heavy atom. The molecule has 0 spiro atoms. The minimum atomic E-state index is -3.63. The summed E-state index contributed by atoms with van der Waals surface area (Å²) in [5, 5.41) is 0. The van der Waals surface area contributed by atoms with Crippen molar-refractivity contribution < 1.29 is 8.42 Å². The number of hydrogen-bond acceptors (Lipinski definition) is 4. The lowest BCUT2D eigenvalue weighted by Gasteiger charge is -2.13. The Morgan fingerprint density at radius 3 is 2.10 bits per heavy atom. The molecule has 0 amide bonds. The molecule has 30 heavy (non-hydrogen) atoms. The van der Waals surface area contributed by atoms with Gasteiger partial charge in [0.25, 0.3) is 0 Å². The number of benzene rings is 3. The second-order valence-electron chi connectivity index (χ2n) is 6.97. The summed E-state index contributed by atoms with van der Waals surface area (Å²) in [6.07, 6.45) is 3.76. The average molecular weight is 432 g/mol. The molecule has 0 unspecified atom stereocenters. The summed E-state index contributed by atoms with van der Waals surface area (Å²) >= 11 is 1.69. The van der Waals surface area contributed by atoms with Crippen molar-refractivity contribution in [3.63, 3.8) is 0 Å². The summed E-state index contributed by atoms with van der Waals surface area (Å²) in [7, 11) is -3.63. The molecule has 0 aliphatic rings. The number of rotatable bonds is 5.